The molecule has 2 amide bonds. The van der Waals surface area contributed by atoms with E-state index in [2.05, 4.69) is 10.6 Å². The molecule has 4 nitrogen and oxygen atoms in total. The molecule has 0 aliphatic rings. The van der Waals surface area contributed by atoms with Crippen LogP contribution in [0, 0.1) is 5.82 Å². The lowest BCUT2D eigenvalue weighted by molar-refractivity contribution is -0.119. The van der Waals surface area contributed by atoms with Gasteiger partial charge in [-0.25, -0.2) is 4.39 Å². The first-order chi connectivity index (χ1) is 11.5. The monoisotopic (exact) mass is 346 g/mol. The molecule has 126 valence electrons. The average molecular weight is 346 g/mol. The summed E-state index contributed by atoms with van der Waals surface area (Å²) in [6.45, 7) is 3.79. The summed E-state index contributed by atoms with van der Waals surface area (Å²) in [4.78, 5) is 24.9. The van der Waals surface area contributed by atoms with Crippen LogP contribution < -0.4 is 10.6 Å². The van der Waals surface area contributed by atoms with Crippen molar-refractivity contribution in [3.05, 3.63) is 59.9 Å². The van der Waals surface area contributed by atoms with Gasteiger partial charge in [0.15, 0.2) is 0 Å². The van der Waals surface area contributed by atoms with E-state index in [1.54, 1.807) is 18.2 Å². The molecule has 2 rings (SSSR count). The number of thioether (sulfide) groups is 1. The molecule has 0 aliphatic carbocycles. The van der Waals surface area contributed by atoms with Gasteiger partial charge in [0.05, 0.1) is 11.3 Å². The quantitative estimate of drug-likeness (QED) is 0.784. The van der Waals surface area contributed by atoms with E-state index in [4.69, 9.17) is 0 Å². The van der Waals surface area contributed by atoms with Crippen molar-refractivity contribution in [1.82, 2.24) is 5.32 Å². The number of carbonyl (C=O) groups excluding carboxylic acids is 2. The molecule has 0 saturated carbocycles. The van der Waals surface area contributed by atoms with E-state index in [-0.39, 0.29) is 29.4 Å². The Morgan fingerprint density at radius 3 is 2.42 bits per heavy atom. The van der Waals surface area contributed by atoms with Crippen LogP contribution in [0.3, 0.4) is 0 Å². The standard InChI is InChI=1S/C18H19FN2O2S/c1-12(2)20-17(22)11-24-16-6-4-3-5-15(16)18(23)21-14-9-7-13(19)8-10-14/h3-10,12H,11H2,1-2H3,(H,20,22)(H,21,23). The molecule has 6 heteroatoms. The van der Waals surface area contributed by atoms with Crippen molar-refractivity contribution in [1.29, 1.82) is 0 Å². The predicted octanol–water partition coefficient (Wildman–Crippen LogP) is 3.69. The molecule has 0 atom stereocenters. The number of amides is 2. The van der Waals surface area contributed by atoms with Gasteiger partial charge >= 0.3 is 0 Å². The molecular weight excluding hydrogens is 327 g/mol. The highest BCUT2D eigenvalue weighted by Gasteiger charge is 2.13. The zero-order valence-electron chi connectivity index (χ0n) is 13.5. The molecule has 0 radical (unpaired) electrons. The van der Waals surface area contributed by atoms with Gasteiger partial charge in [0, 0.05) is 16.6 Å². The van der Waals surface area contributed by atoms with Gasteiger partial charge in [-0.3, -0.25) is 9.59 Å². The van der Waals surface area contributed by atoms with Crippen LogP contribution in [0.15, 0.2) is 53.4 Å². The summed E-state index contributed by atoms with van der Waals surface area (Å²) in [5.41, 5.74) is 0.989. The SMILES string of the molecule is CC(C)NC(=O)CSc1ccccc1C(=O)Nc1ccc(F)cc1. The number of anilines is 1. The third-order valence-electron chi connectivity index (χ3n) is 3.04. The first-order valence-corrected chi connectivity index (χ1v) is 8.52. The fourth-order valence-corrected chi connectivity index (χ4v) is 2.88. The van der Waals surface area contributed by atoms with Crippen molar-refractivity contribution in [2.45, 2.75) is 24.8 Å². The summed E-state index contributed by atoms with van der Waals surface area (Å²) in [6, 6.07) is 12.7. The summed E-state index contributed by atoms with van der Waals surface area (Å²) in [6.07, 6.45) is 0. The molecule has 0 spiro atoms. The van der Waals surface area contributed by atoms with Crippen molar-refractivity contribution >= 4 is 29.3 Å². The second-order valence-electron chi connectivity index (χ2n) is 5.47. The van der Waals surface area contributed by atoms with Crippen molar-refractivity contribution in [2.75, 3.05) is 11.1 Å². The Balaban J connectivity index is 2.05. The smallest absolute Gasteiger partial charge is 0.256 e. The molecule has 0 aliphatic heterocycles. The van der Waals surface area contributed by atoms with Gasteiger partial charge in [0.2, 0.25) is 5.91 Å². The van der Waals surface area contributed by atoms with Crippen molar-refractivity contribution < 1.29 is 14.0 Å². The Morgan fingerprint density at radius 2 is 1.75 bits per heavy atom. The van der Waals surface area contributed by atoms with E-state index < -0.39 is 0 Å². The fourth-order valence-electron chi connectivity index (χ4n) is 2.02. The van der Waals surface area contributed by atoms with E-state index >= 15 is 0 Å². The molecule has 0 unspecified atom stereocenters. The van der Waals surface area contributed by atoms with Crippen LogP contribution in [0.4, 0.5) is 10.1 Å². The Bertz CT molecular complexity index is 717. The summed E-state index contributed by atoms with van der Waals surface area (Å²) in [5.74, 6) is -0.503. The van der Waals surface area contributed by atoms with E-state index in [0.29, 0.717) is 11.3 Å². The van der Waals surface area contributed by atoms with Crippen molar-refractivity contribution in [3.63, 3.8) is 0 Å². The third-order valence-corrected chi connectivity index (χ3v) is 4.12. The molecule has 0 heterocycles. The van der Waals surface area contributed by atoms with Gasteiger partial charge in [0.1, 0.15) is 5.82 Å². The third kappa shape index (κ3) is 5.38. The normalized spacial score (nSPS) is 10.5. The van der Waals surface area contributed by atoms with E-state index in [0.717, 1.165) is 4.90 Å². The summed E-state index contributed by atoms with van der Waals surface area (Å²) >= 11 is 1.31. The average Bonchev–Trinajstić information content (AvgIpc) is 2.54. The fraction of sp³-hybridized carbons (Fsp3) is 0.222. The number of nitrogens with one attached hydrogen (secondary N) is 2. The second-order valence-corrected chi connectivity index (χ2v) is 6.49. The van der Waals surface area contributed by atoms with Crippen molar-refractivity contribution in [2.24, 2.45) is 0 Å². The molecular formula is C18H19FN2O2S. The lowest BCUT2D eigenvalue weighted by Gasteiger charge is -2.11. The largest absolute Gasteiger partial charge is 0.353 e. The van der Waals surface area contributed by atoms with Crippen LogP contribution in [0.1, 0.15) is 24.2 Å². The van der Waals surface area contributed by atoms with Crippen LogP contribution >= 0.6 is 11.8 Å². The highest BCUT2D eigenvalue weighted by molar-refractivity contribution is 8.00. The minimum absolute atomic E-state index is 0.0788. The molecule has 2 aromatic rings. The Labute approximate surface area is 144 Å². The van der Waals surface area contributed by atoms with Crippen LogP contribution in [-0.2, 0) is 4.79 Å². The number of halogens is 1. The first-order valence-electron chi connectivity index (χ1n) is 7.54. The predicted molar refractivity (Wildman–Crippen MR) is 94.8 cm³/mol. The van der Waals surface area contributed by atoms with Gasteiger partial charge in [-0.05, 0) is 50.2 Å². The van der Waals surface area contributed by atoms with Gasteiger partial charge < -0.3 is 10.6 Å². The summed E-state index contributed by atoms with van der Waals surface area (Å²) in [7, 11) is 0. The topological polar surface area (TPSA) is 58.2 Å². The van der Waals surface area contributed by atoms with Crippen LogP contribution in [0.5, 0.6) is 0 Å². The van der Waals surface area contributed by atoms with E-state index in [1.807, 2.05) is 19.9 Å². The molecule has 0 bridgehead atoms. The minimum Gasteiger partial charge on any atom is -0.353 e. The van der Waals surface area contributed by atoms with Gasteiger partial charge in [0.25, 0.3) is 5.91 Å². The highest BCUT2D eigenvalue weighted by Crippen LogP contribution is 2.23. The zero-order chi connectivity index (χ0) is 17.5. The van der Waals surface area contributed by atoms with Crippen LogP contribution in [0.25, 0.3) is 0 Å². The number of hydrogen-bond donors (Lipinski definition) is 2. The molecule has 2 N–H and O–H groups in total. The summed E-state index contributed by atoms with van der Waals surface area (Å²) in [5, 5.41) is 5.54. The molecule has 0 aromatic heterocycles. The van der Waals surface area contributed by atoms with Crippen LogP contribution in [-0.4, -0.2) is 23.6 Å². The Hall–Kier alpha value is -2.34. The van der Waals surface area contributed by atoms with E-state index in [9.17, 15) is 14.0 Å². The zero-order valence-corrected chi connectivity index (χ0v) is 14.3. The molecule has 0 saturated heterocycles. The Kier molecular flexibility index (Phi) is 6.37. The van der Waals surface area contributed by atoms with Gasteiger partial charge in [-0.15, -0.1) is 11.8 Å². The highest BCUT2D eigenvalue weighted by atomic mass is 32.2. The lowest BCUT2D eigenvalue weighted by atomic mass is 10.2. The number of carbonyl (C=O) groups is 2. The lowest BCUT2D eigenvalue weighted by Crippen LogP contribution is -2.31. The van der Waals surface area contributed by atoms with Crippen LogP contribution in [0.2, 0.25) is 0 Å². The number of hydrogen-bond acceptors (Lipinski definition) is 3. The first kappa shape index (κ1) is 18.0. The maximum atomic E-state index is 12.9. The minimum atomic E-state index is -0.361. The van der Waals surface area contributed by atoms with Gasteiger partial charge in [-0.1, -0.05) is 12.1 Å². The van der Waals surface area contributed by atoms with E-state index in [1.165, 1.54) is 36.0 Å². The molecule has 24 heavy (non-hydrogen) atoms. The number of benzene rings is 2. The summed E-state index contributed by atoms with van der Waals surface area (Å²) < 4.78 is 12.9. The molecule has 0 fully saturated rings. The Morgan fingerprint density at radius 1 is 1.08 bits per heavy atom. The maximum Gasteiger partial charge on any atom is 0.256 e. The van der Waals surface area contributed by atoms with Crippen molar-refractivity contribution in [3.8, 4) is 0 Å². The van der Waals surface area contributed by atoms with Gasteiger partial charge in [-0.2, -0.15) is 0 Å². The number of rotatable bonds is 6. The maximum absolute atomic E-state index is 12.9. The second kappa shape index (κ2) is 8.49. The molecule has 2 aromatic carbocycles.